The van der Waals surface area contributed by atoms with E-state index in [1.807, 2.05) is 6.92 Å². The largest absolute Gasteiger partial charge is 0.333 e. The van der Waals surface area contributed by atoms with Gasteiger partial charge in [-0.1, -0.05) is 18.3 Å². The molecule has 1 aromatic rings. The number of urea groups is 1. The summed E-state index contributed by atoms with van der Waals surface area (Å²) in [7, 11) is -3.17. The lowest BCUT2D eigenvalue weighted by Gasteiger charge is -2.13. The van der Waals surface area contributed by atoms with Crippen LogP contribution in [0, 0.1) is 0 Å². The van der Waals surface area contributed by atoms with E-state index in [-0.39, 0.29) is 11.5 Å². The number of sulfone groups is 1. The minimum Gasteiger partial charge on any atom is -0.333 e. The zero-order valence-corrected chi connectivity index (χ0v) is 13.2. The Kier molecular flexibility index (Phi) is 4.82. The molecule has 2 atom stereocenters. The molecule has 2 rings (SSSR count). The van der Waals surface area contributed by atoms with Crippen LogP contribution < -0.4 is 10.6 Å². The Hall–Kier alpha value is -0.930. The maximum absolute atomic E-state index is 11.8. The molecule has 10 heteroatoms. The number of halogens is 1. The number of carbonyl (C=O) groups excluding carboxylic acids is 1. The Morgan fingerprint density at radius 3 is 2.80 bits per heavy atom. The molecule has 1 aliphatic rings. The van der Waals surface area contributed by atoms with Crippen LogP contribution in [0.4, 0.5) is 9.93 Å². The first kappa shape index (κ1) is 15.5. The summed E-state index contributed by atoms with van der Waals surface area (Å²) in [6.45, 7) is 2.03. The molecule has 112 valence electrons. The van der Waals surface area contributed by atoms with Gasteiger partial charge in [-0.3, -0.25) is 5.32 Å². The standard InChI is InChI=1S/C10H15ClN4O3S2/c1-2-3-8-14-15-10(19-8)13-9(16)12-7-5-20(17,18)4-6(7)11/h6-7H,2-5H2,1H3,(H2,12,13,15,16)/t6-,7+/m1/s1. The molecule has 1 aromatic heterocycles. The van der Waals surface area contributed by atoms with Crippen LogP contribution in [0.15, 0.2) is 0 Å². The third-order valence-corrected chi connectivity index (χ3v) is 6.02. The van der Waals surface area contributed by atoms with Crippen molar-refractivity contribution in [2.75, 3.05) is 16.8 Å². The molecule has 2 amide bonds. The van der Waals surface area contributed by atoms with Gasteiger partial charge in [0.15, 0.2) is 9.84 Å². The Balaban J connectivity index is 1.89. The van der Waals surface area contributed by atoms with E-state index in [0.29, 0.717) is 5.13 Å². The molecule has 20 heavy (non-hydrogen) atoms. The average molecular weight is 339 g/mol. The molecule has 7 nitrogen and oxygen atoms in total. The highest BCUT2D eigenvalue weighted by molar-refractivity contribution is 7.91. The highest BCUT2D eigenvalue weighted by Crippen LogP contribution is 2.19. The molecule has 0 aliphatic carbocycles. The summed E-state index contributed by atoms with van der Waals surface area (Å²) in [5.41, 5.74) is 0. The van der Waals surface area contributed by atoms with Crippen molar-refractivity contribution in [3.8, 4) is 0 Å². The van der Waals surface area contributed by atoms with E-state index < -0.39 is 27.3 Å². The molecule has 1 saturated heterocycles. The Bertz CT molecular complexity index is 589. The van der Waals surface area contributed by atoms with Crippen molar-refractivity contribution in [2.45, 2.75) is 31.2 Å². The molecule has 2 heterocycles. The van der Waals surface area contributed by atoms with Crippen LogP contribution in [-0.2, 0) is 16.3 Å². The molecular weight excluding hydrogens is 324 g/mol. The van der Waals surface area contributed by atoms with Crippen LogP contribution >= 0.6 is 22.9 Å². The van der Waals surface area contributed by atoms with Gasteiger partial charge in [-0.25, -0.2) is 13.2 Å². The van der Waals surface area contributed by atoms with Crippen molar-refractivity contribution < 1.29 is 13.2 Å². The number of aromatic nitrogens is 2. The highest BCUT2D eigenvalue weighted by Gasteiger charge is 2.37. The average Bonchev–Trinajstić information content (AvgIpc) is 2.84. The van der Waals surface area contributed by atoms with Gasteiger partial charge in [-0.15, -0.1) is 21.8 Å². The molecule has 0 unspecified atom stereocenters. The fourth-order valence-corrected chi connectivity index (χ4v) is 5.24. The minimum absolute atomic E-state index is 0.112. The van der Waals surface area contributed by atoms with Crippen LogP contribution in [0.3, 0.4) is 0 Å². The predicted molar refractivity (Wildman–Crippen MR) is 78.1 cm³/mol. The number of aryl methyl sites for hydroxylation is 1. The molecule has 1 fully saturated rings. The molecule has 0 radical (unpaired) electrons. The van der Waals surface area contributed by atoms with Crippen molar-refractivity contribution >= 4 is 43.9 Å². The maximum Gasteiger partial charge on any atom is 0.321 e. The monoisotopic (exact) mass is 338 g/mol. The normalized spacial score (nSPS) is 24.5. The second-order valence-electron chi connectivity index (χ2n) is 4.55. The van der Waals surface area contributed by atoms with Gasteiger partial charge < -0.3 is 5.32 Å². The summed E-state index contributed by atoms with van der Waals surface area (Å²) in [5.74, 6) is -0.245. The highest BCUT2D eigenvalue weighted by atomic mass is 35.5. The summed E-state index contributed by atoms with van der Waals surface area (Å²) in [6, 6.07) is -1.10. The number of alkyl halides is 1. The van der Waals surface area contributed by atoms with Crippen LogP contribution in [0.2, 0.25) is 0 Å². The van der Waals surface area contributed by atoms with Crippen molar-refractivity contribution in [2.24, 2.45) is 0 Å². The van der Waals surface area contributed by atoms with Crippen LogP contribution in [0.5, 0.6) is 0 Å². The van der Waals surface area contributed by atoms with Gasteiger partial charge in [0.05, 0.1) is 22.9 Å². The van der Waals surface area contributed by atoms with Crippen molar-refractivity contribution in [3.05, 3.63) is 5.01 Å². The fraction of sp³-hybridized carbons (Fsp3) is 0.700. The van der Waals surface area contributed by atoms with E-state index in [1.165, 1.54) is 11.3 Å². The molecule has 2 N–H and O–H groups in total. The number of rotatable bonds is 4. The van der Waals surface area contributed by atoms with Crippen molar-refractivity contribution in [1.82, 2.24) is 15.5 Å². The zero-order chi connectivity index (χ0) is 14.8. The first-order valence-corrected chi connectivity index (χ1v) is 9.21. The van der Waals surface area contributed by atoms with Crippen LogP contribution in [-0.4, -0.2) is 47.6 Å². The lowest BCUT2D eigenvalue weighted by Crippen LogP contribution is -2.42. The van der Waals surface area contributed by atoms with Gasteiger partial charge in [0, 0.05) is 6.42 Å². The second kappa shape index (κ2) is 6.23. The summed E-state index contributed by atoms with van der Waals surface area (Å²) >= 11 is 7.21. The van der Waals surface area contributed by atoms with Crippen LogP contribution in [0.25, 0.3) is 0 Å². The first-order valence-electron chi connectivity index (χ1n) is 6.14. The molecule has 0 bridgehead atoms. The molecule has 0 saturated carbocycles. The minimum atomic E-state index is -3.17. The van der Waals surface area contributed by atoms with Gasteiger partial charge in [0.2, 0.25) is 5.13 Å². The molecular formula is C10H15ClN4O3S2. The lowest BCUT2D eigenvalue weighted by atomic mass is 10.2. The summed E-state index contributed by atoms with van der Waals surface area (Å²) < 4.78 is 22.8. The smallest absolute Gasteiger partial charge is 0.321 e. The lowest BCUT2D eigenvalue weighted by molar-refractivity contribution is 0.249. The van der Waals surface area contributed by atoms with Gasteiger partial charge in [-0.05, 0) is 6.42 Å². The Morgan fingerprint density at radius 2 is 2.20 bits per heavy atom. The second-order valence-corrected chi connectivity index (χ2v) is 8.33. The van der Waals surface area contributed by atoms with Gasteiger partial charge in [0.1, 0.15) is 5.01 Å². The number of carbonyl (C=O) groups is 1. The number of hydrogen-bond donors (Lipinski definition) is 2. The first-order chi connectivity index (χ1) is 9.39. The number of anilines is 1. The third-order valence-electron chi connectivity index (χ3n) is 2.75. The number of amides is 2. The molecule has 0 spiro atoms. The fourth-order valence-electron chi connectivity index (χ4n) is 1.86. The van der Waals surface area contributed by atoms with Gasteiger partial charge in [0.25, 0.3) is 0 Å². The van der Waals surface area contributed by atoms with E-state index in [0.717, 1.165) is 17.8 Å². The summed E-state index contributed by atoms with van der Waals surface area (Å²) in [6.07, 6.45) is 1.76. The van der Waals surface area contributed by atoms with Gasteiger partial charge >= 0.3 is 6.03 Å². The molecule has 0 aromatic carbocycles. The van der Waals surface area contributed by atoms with Crippen LogP contribution in [0.1, 0.15) is 18.4 Å². The van der Waals surface area contributed by atoms with E-state index in [1.54, 1.807) is 0 Å². The van der Waals surface area contributed by atoms with Crippen molar-refractivity contribution in [1.29, 1.82) is 0 Å². The third kappa shape index (κ3) is 4.03. The Labute approximate surface area is 126 Å². The van der Waals surface area contributed by atoms with E-state index >= 15 is 0 Å². The van der Waals surface area contributed by atoms with E-state index in [4.69, 9.17) is 11.6 Å². The van der Waals surface area contributed by atoms with E-state index in [2.05, 4.69) is 20.8 Å². The van der Waals surface area contributed by atoms with E-state index in [9.17, 15) is 13.2 Å². The number of nitrogens with zero attached hydrogens (tertiary/aromatic N) is 2. The molecule has 1 aliphatic heterocycles. The Morgan fingerprint density at radius 1 is 1.45 bits per heavy atom. The zero-order valence-electron chi connectivity index (χ0n) is 10.8. The summed E-state index contributed by atoms with van der Waals surface area (Å²) in [4.78, 5) is 11.8. The van der Waals surface area contributed by atoms with Gasteiger partial charge in [-0.2, -0.15) is 0 Å². The number of nitrogens with one attached hydrogen (secondary N) is 2. The van der Waals surface area contributed by atoms with Crippen molar-refractivity contribution in [3.63, 3.8) is 0 Å². The quantitative estimate of drug-likeness (QED) is 0.798. The summed E-state index contributed by atoms with van der Waals surface area (Å²) in [5, 5.41) is 13.5. The predicted octanol–water partition coefficient (Wildman–Crippen LogP) is 1.02. The topological polar surface area (TPSA) is 101 Å². The number of hydrogen-bond acceptors (Lipinski definition) is 6. The SMILES string of the molecule is CCCc1nnc(NC(=O)N[C@H]2CS(=O)(=O)C[C@H]2Cl)s1. The maximum atomic E-state index is 11.8.